The third-order valence-corrected chi connectivity index (χ3v) is 4.17. The molecule has 0 radical (unpaired) electrons. The van der Waals surface area contributed by atoms with E-state index in [2.05, 4.69) is 9.97 Å². The number of benzene rings is 1. The largest absolute Gasteiger partial charge is 0.389 e. The molecule has 0 aliphatic heterocycles. The van der Waals surface area contributed by atoms with Crippen LogP contribution in [0.2, 0.25) is 0 Å². The van der Waals surface area contributed by atoms with Crippen molar-refractivity contribution in [3.63, 3.8) is 0 Å². The number of hydrogen-bond acceptors (Lipinski definition) is 4. The molecular formula is C18H16F3N5O. The first kappa shape index (κ1) is 18.6. The van der Waals surface area contributed by atoms with E-state index in [9.17, 15) is 18.0 Å². The van der Waals surface area contributed by atoms with Crippen LogP contribution >= 0.6 is 0 Å². The number of halogens is 3. The number of aromatic nitrogens is 4. The van der Waals surface area contributed by atoms with E-state index in [0.29, 0.717) is 16.9 Å². The molecule has 140 valence electrons. The van der Waals surface area contributed by atoms with Gasteiger partial charge in [-0.2, -0.15) is 18.4 Å². The zero-order valence-corrected chi connectivity index (χ0v) is 14.7. The summed E-state index contributed by atoms with van der Waals surface area (Å²) < 4.78 is 41.0. The fourth-order valence-corrected chi connectivity index (χ4v) is 2.97. The van der Waals surface area contributed by atoms with Crippen LogP contribution in [0.25, 0.3) is 16.9 Å². The number of alkyl halides is 3. The maximum atomic E-state index is 12.9. The summed E-state index contributed by atoms with van der Waals surface area (Å²) in [6.45, 7) is 1.47. The van der Waals surface area contributed by atoms with Crippen LogP contribution in [0.4, 0.5) is 13.2 Å². The van der Waals surface area contributed by atoms with Crippen molar-refractivity contribution in [3.8, 4) is 11.8 Å². The maximum absolute atomic E-state index is 12.9. The van der Waals surface area contributed by atoms with Crippen molar-refractivity contribution in [2.24, 2.45) is 13.0 Å². The highest BCUT2D eigenvalue weighted by Gasteiger charge is 2.31. The van der Waals surface area contributed by atoms with Crippen molar-refractivity contribution in [1.82, 2.24) is 19.1 Å². The molecule has 3 rings (SSSR count). The molecule has 1 unspecified atom stereocenters. The van der Waals surface area contributed by atoms with E-state index in [1.54, 1.807) is 23.7 Å². The Bertz CT molecular complexity index is 1070. The average Bonchev–Trinajstić information content (AvgIpc) is 2.95. The lowest BCUT2D eigenvalue weighted by atomic mass is 10.0. The molecule has 27 heavy (non-hydrogen) atoms. The van der Waals surface area contributed by atoms with Crippen LogP contribution in [0, 0.1) is 17.2 Å². The van der Waals surface area contributed by atoms with E-state index in [1.807, 2.05) is 6.07 Å². The second-order valence-corrected chi connectivity index (χ2v) is 6.48. The van der Waals surface area contributed by atoms with E-state index in [0.717, 1.165) is 0 Å². The molecule has 0 saturated carbocycles. The predicted molar refractivity (Wildman–Crippen MR) is 92.4 cm³/mol. The van der Waals surface area contributed by atoms with Gasteiger partial charge in [0.05, 0.1) is 23.6 Å². The topological polar surface area (TPSA) is 76.5 Å². The van der Waals surface area contributed by atoms with E-state index in [4.69, 9.17) is 5.26 Å². The summed E-state index contributed by atoms with van der Waals surface area (Å²) in [5.74, 6) is -0.537. The minimum atomic E-state index is -4.30. The van der Waals surface area contributed by atoms with Crippen molar-refractivity contribution in [1.29, 1.82) is 5.26 Å². The highest BCUT2D eigenvalue weighted by molar-refractivity contribution is 5.70. The zero-order chi connectivity index (χ0) is 19.8. The standard InChI is InChI=1S/C18H16F3N5O/c1-11(8-18(19,20)21)7-14-24-16-15(23-10-25(16)2)17(27)26(14)13-5-3-12(9-22)4-6-13/h3-6,10-11H,7-8H2,1-2H3. The van der Waals surface area contributed by atoms with Gasteiger partial charge in [-0.1, -0.05) is 6.92 Å². The van der Waals surface area contributed by atoms with Crippen molar-refractivity contribution < 1.29 is 13.2 Å². The lowest BCUT2D eigenvalue weighted by Gasteiger charge is -2.17. The van der Waals surface area contributed by atoms with Gasteiger partial charge in [-0.05, 0) is 30.2 Å². The van der Waals surface area contributed by atoms with Crippen LogP contribution in [-0.2, 0) is 13.5 Å². The molecule has 0 spiro atoms. The van der Waals surface area contributed by atoms with E-state index in [-0.39, 0.29) is 17.8 Å². The molecule has 0 bridgehead atoms. The number of nitriles is 1. The van der Waals surface area contributed by atoms with Crippen LogP contribution < -0.4 is 5.56 Å². The summed E-state index contributed by atoms with van der Waals surface area (Å²) in [6.07, 6.45) is -3.86. The minimum Gasteiger partial charge on any atom is -0.318 e. The highest BCUT2D eigenvalue weighted by atomic mass is 19.4. The number of imidazole rings is 1. The van der Waals surface area contributed by atoms with Crippen LogP contribution in [0.5, 0.6) is 0 Å². The number of nitrogens with zero attached hydrogens (tertiary/aromatic N) is 5. The number of aryl methyl sites for hydroxylation is 1. The van der Waals surface area contributed by atoms with Gasteiger partial charge < -0.3 is 4.57 Å². The lowest BCUT2D eigenvalue weighted by molar-refractivity contribution is -0.143. The number of fused-ring (bicyclic) bond motifs is 1. The van der Waals surface area contributed by atoms with Crippen molar-refractivity contribution in [2.75, 3.05) is 0 Å². The lowest BCUT2D eigenvalue weighted by Crippen LogP contribution is -2.26. The van der Waals surface area contributed by atoms with Gasteiger partial charge in [-0.3, -0.25) is 9.36 Å². The normalized spacial score (nSPS) is 12.9. The summed E-state index contributed by atoms with van der Waals surface area (Å²) >= 11 is 0. The minimum absolute atomic E-state index is 0.0319. The Morgan fingerprint density at radius 2 is 1.93 bits per heavy atom. The van der Waals surface area contributed by atoms with Gasteiger partial charge in [-0.25, -0.2) is 9.97 Å². The first-order valence-corrected chi connectivity index (χ1v) is 8.20. The van der Waals surface area contributed by atoms with Gasteiger partial charge in [0.15, 0.2) is 11.2 Å². The third-order valence-electron chi connectivity index (χ3n) is 4.17. The summed E-state index contributed by atoms with van der Waals surface area (Å²) in [6, 6.07) is 8.18. The second kappa shape index (κ2) is 6.87. The van der Waals surface area contributed by atoms with Crippen LogP contribution in [0.1, 0.15) is 24.7 Å². The number of hydrogen-bond donors (Lipinski definition) is 0. The summed E-state index contributed by atoms with van der Waals surface area (Å²) in [5, 5.41) is 8.93. The Kier molecular flexibility index (Phi) is 4.74. The van der Waals surface area contributed by atoms with Crippen LogP contribution in [0.3, 0.4) is 0 Å². The molecular weight excluding hydrogens is 359 g/mol. The van der Waals surface area contributed by atoms with Crippen molar-refractivity contribution in [3.05, 3.63) is 52.3 Å². The Hall–Kier alpha value is -3.15. The molecule has 0 fully saturated rings. The monoisotopic (exact) mass is 375 g/mol. The molecule has 3 aromatic rings. The molecule has 1 aromatic carbocycles. The van der Waals surface area contributed by atoms with E-state index >= 15 is 0 Å². The molecule has 2 aromatic heterocycles. The quantitative estimate of drug-likeness (QED) is 0.702. The van der Waals surface area contributed by atoms with Gasteiger partial charge in [0, 0.05) is 19.9 Å². The van der Waals surface area contributed by atoms with Crippen molar-refractivity contribution >= 4 is 11.2 Å². The molecule has 1 atom stereocenters. The van der Waals surface area contributed by atoms with E-state index < -0.39 is 24.1 Å². The van der Waals surface area contributed by atoms with Crippen LogP contribution in [0.15, 0.2) is 35.4 Å². The highest BCUT2D eigenvalue weighted by Crippen LogP contribution is 2.27. The first-order valence-electron chi connectivity index (χ1n) is 8.20. The molecule has 0 amide bonds. The SMILES string of the molecule is CC(Cc1nc2c(ncn2C)c(=O)n1-c1ccc(C#N)cc1)CC(F)(F)F. The first-order chi connectivity index (χ1) is 12.7. The number of rotatable bonds is 4. The second-order valence-electron chi connectivity index (χ2n) is 6.48. The van der Waals surface area contributed by atoms with Crippen LogP contribution in [-0.4, -0.2) is 25.3 Å². The Labute approximate surface area is 152 Å². The summed E-state index contributed by atoms with van der Waals surface area (Å²) in [5.41, 5.74) is 0.826. The smallest absolute Gasteiger partial charge is 0.318 e. The fourth-order valence-electron chi connectivity index (χ4n) is 2.97. The van der Waals surface area contributed by atoms with Gasteiger partial charge in [0.25, 0.3) is 5.56 Å². The average molecular weight is 375 g/mol. The molecule has 0 N–H and O–H groups in total. The van der Waals surface area contributed by atoms with Gasteiger partial charge in [-0.15, -0.1) is 0 Å². The van der Waals surface area contributed by atoms with Gasteiger partial charge >= 0.3 is 6.18 Å². The molecule has 6 nitrogen and oxygen atoms in total. The Balaban J connectivity index is 2.15. The molecule has 9 heteroatoms. The summed E-state index contributed by atoms with van der Waals surface area (Å²) in [7, 11) is 1.66. The third kappa shape index (κ3) is 3.84. The Morgan fingerprint density at radius 1 is 1.26 bits per heavy atom. The molecule has 0 aliphatic carbocycles. The predicted octanol–water partition coefficient (Wildman–Crippen LogP) is 3.12. The summed E-state index contributed by atoms with van der Waals surface area (Å²) in [4.78, 5) is 21.4. The molecule has 2 heterocycles. The Morgan fingerprint density at radius 3 is 2.52 bits per heavy atom. The zero-order valence-electron chi connectivity index (χ0n) is 14.7. The van der Waals surface area contributed by atoms with E-state index in [1.165, 1.54) is 30.0 Å². The van der Waals surface area contributed by atoms with Gasteiger partial charge in [0.1, 0.15) is 5.82 Å². The fraction of sp³-hybridized carbons (Fsp3) is 0.333. The molecule has 0 saturated heterocycles. The maximum Gasteiger partial charge on any atom is 0.389 e. The van der Waals surface area contributed by atoms with Crippen molar-refractivity contribution in [2.45, 2.75) is 25.9 Å². The molecule has 0 aliphatic rings. The van der Waals surface area contributed by atoms with Gasteiger partial charge in [0.2, 0.25) is 0 Å².